The fourth-order valence-electron chi connectivity index (χ4n) is 6.34. The number of hydrogen-bond acceptors (Lipinski definition) is 5. The molecule has 2 aromatic rings. The zero-order chi connectivity index (χ0) is 22.1. The first-order chi connectivity index (χ1) is 15.6. The number of hydrogen-bond donors (Lipinski definition) is 4. The van der Waals surface area contributed by atoms with Crippen LogP contribution in [0.5, 0.6) is 0 Å². The molecule has 3 aliphatic carbocycles. The van der Waals surface area contributed by atoms with Crippen LogP contribution >= 0.6 is 0 Å². The molecule has 4 atom stereocenters. The Kier molecular flexibility index (Phi) is 5.91. The molecule has 5 rings (SSSR count). The van der Waals surface area contributed by atoms with E-state index in [0.717, 1.165) is 48.2 Å². The van der Waals surface area contributed by atoms with Crippen molar-refractivity contribution < 1.29 is 9.90 Å². The fourth-order valence-corrected chi connectivity index (χ4v) is 6.34. The molecular weight excluding hydrogens is 400 g/mol. The molecule has 2 bridgehead atoms. The van der Waals surface area contributed by atoms with Crippen LogP contribution in [0.3, 0.4) is 0 Å². The minimum atomic E-state index is 0.00465. The monoisotopic (exact) mass is 434 g/mol. The van der Waals surface area contributed by atoms with E-state index in [-0.39, 0.29) is 17.9 Å². The second-order valence-corrected chi connectivity index (χ2v) is 10.1. The van der Waals surface area contributed by atoms with Crippen molar-refractivity contribution in [1.82, 2.24) is 15.6 Å². The first-order valence-corrected chi connectivity index (χ1v) is 12.0. The van der Waals surface area contributed by atoms with E-state index >= 15 is 0 Å². The Bertz CT molecular complexity index is 1040. The highest BCUT2D eigenvalue weighted by Crippen LogP contribution is 2.62. The lowest BCUT2D eigenvalue weighted by atomic mass is 9.69. The number of pyridine rings is 1. The van der Waals surface area contributed by atoms with Crippen LogP contribution in [0.1, 0.15) is 43.0 Å². The summed E-state index contributed by atoms with van der Waals surface area (Å²) in [6.07, 6.45) is 7.48. The van der Waals surface area contributed by atoms with E-state index in [2.05, 4.69) is 33.9 Å². The van der Waals surface area contributed by atoms with E-state index in [4.69, 9.17) is 5.11 Å². The maximum atomic E-state index is 13.2. The number of aliphatic hydroxyl groups is 1. The van der Waals surface area contributed by atoms with Crippen LogP contribution in [0.2, 0.25) is 0 Å². The highest BCUT2D eigenvalue weighted by Gasteiger charge is 2.53. The van der Waals surface area contributed by atoms with Gasteiger partial charge in [0.15, 0.2) is 0 Å². The highest BCUT2D eigenvalue weighted by atomic mass is 16.3. The van der Waals surface area contributed by atoms with Gasteiger partial charge in [-0.2, -0.15) is 0 Å². The number of nitrogens with zero attached hydrogens (tertiary/aromatic N) is 1. The molecule has 6 nitrogen and oxygen atoms in total. The molecule has 6 heteroatoms. The van der Waals surface area contributed by atoms with Gasteiger partial charge in [0.05, 0.1) is 12.1 Å². The zero-order valence-electron chi connectivity index (χ0n) is 18.9. The van der Waals surface area contributed by atoms with Crippen molar-refractivity contribution in [2.24, 2.45) is 23.2 Å². The molecule has 1 aromatic heterocycles. The molecule has 0 spiro atoms. The molecule has 32 heavy (non-hydrogen) atoms. The Balaban J connectivity index is 1.25. The minimum Gasteiger partial charge on any atom is -0.395 e. The lowest BCUT2D eigenvalue weighted by Gasteiger charge is -2.36. The summed E-state index contributed by atoms with van der Waals surface area (Å²) in [6.45, 7) is 5.30. The molecule has 4 unspecified atom stereocenters. The Hall–Kier alpha value is -2.44. The van der Waals surface area contributed by atoms with Crippen LogP contribution in [0.15, 0.2) is 42.0 Å². The number of anilines is 1. The maximum absolute atomic E-state index is 13.2. The first kappa shape index (κ1) is 21.4. The van der Waals surface area contributed by atoms with Gasteiger partial charge in [0.1, 0.15) is 5.82 Å². The van der Waals surface area contributed by atoms with Gasteiger partial charge in [-0.05, 0) is 73.1 Å². The van der Waals surface area contributed by atoms with Gasteiger partial charge in [-0.1, -0.05) is 24.6 Å². The molecule has 4 N–H and O–H groups in total. The molecule has 3 aliphatic rings. The SMILES string of the molecule is CC1C=C2CC3CC(CNC(=O)c4cccc5nc(NCCNCCO)ccc45)(C1)CC23. The molecule has 2 saturated carbocycles. The van der Waals surface area contributed by atoms with Gasteiger partial charge >= 0.3 is 0 Å². The molecule has 1 aromatic carbocycles. The summed E-state index contributed by atoms with van der Waals surface area (Å²) in [5.74, 6) is 3.03. The second-order valence-electron chi connectivity index (χ2n) is 10.1. The molecule has 170 valence electrons. The Morgan fingerprint density at radius 3 is 2.94 bits per heavy atom. The minimum absolute atomic E-state index is 0.00465. The van der Waals surface area contributed by atoms with Crippen LogP contribution < -0.4 is 16.0 Å². The van der Waals surface area contributed by atoms with Gasteiger partial charge in [-0.3, -0.25) is 4.79 Å². The number of fused-ring (bicyclic) bond motifs is 2. The van der Waals surface area contributed by atoms with E-state index in [1.165, 1.54) is 25.7 Å². The fraction of sp³-hybridized carbons (Fsp3) is 0.538. The summed E-state index contributed by atoms with van der Waals surface area (Å²) in [5.41, 5.74) is 3.45. The van der Waals surface area contributed by atoms with E-state index in [1.54, 1.807) is 5.57 Å². The summed E-state index contributed by atoms with van der Waals surface area (Å²) in [7, 11) is 0. The van der Waals surface area contributed by atoms with E-state index < -0.39 is 0 Å². The predicted octanol–water partition coefficient (Wildman–Crippen LogP) is 3.34. The third kappa shape index (κ3) is 4.14. The van der Waals surface area contributed by atoms with E-state index in [9.17, 15) is 4.79 Å². The third-order valence-electron chi connectivity index (χ3n) is 7.64. The summed E-state index contributed by atoms with van der Waals surface area (Å²) in [6, 6.07) is 9.68. The normalized spacial score (nSPS) is 28.1. The Morgan fingerprint density at radius 2 is 2.06 bits per heavy atom. The first-order valence-electron chi connectivity index (χ1n) is 12.0. The van der Waals surface area contributed by atoms with Crippen molar-refractivity contribution in [3.05, 3.63) is 47.5 Å². The number of allylic oxidation sites excluding steroid dienone is 2. The Labute approximate surface area is 189 Å². The van der Waals surface area contributed by atoms with Crippen LogP contribution in [-0.4, -0.2) is 48.8 Å². The maximum Gasteiger partial charge on any atom is 0.251 e. The van der Waals surface area contributed by atoms with Gasteiger partial charge in [0.2, 0.25) is 0 Å². The Morgan fingerprint density at radius 1 is 1.16 bits per heavy atom. The number of carbonyl (C=O) groups is 1. The standard InChI is InChI=1S/C26H34N4O2/c1-17-11-18-12-19-14-26(13-17,15-22(18)19)16-29-25(32)21-3-2-4-23-20(21)5-6-24(30-23)28-8-7-27-9-10-31/h2-6,11,17,19,22,27,31H,7-10,12-16H2,1H3,(H,28,30)(H,29,32). The molecular formula is C26H34N4O2. The number of aromatic nitrogens is 1. The molecule has 0 aliphatic heterocycles. The van der Waals surface area contributed by atoms with Gasteiger partial charge in [-0.25, -0.2) is 4.98 Å². The van der Waals surface area contributed by atoms with Crippen molar-refractivity contribution in [3.63, 3.8) is 0 Å². The number of amides is 1. The van der Waals surface area contributed by atoms with Crippen LogP contribution in [-0.2, 0) is 0 Å². The smallest absolute Gasteiger partial charge is 0.251 e. The lowest BCUT2D eigenvalue weighted by molar-refractivity contribution is 0.0923. The molecule has 0 saturated heterocycles. The van der Waals surface area contributed by atoms with Crippen LogP contribution in [0.4, 0.5) is 5.82 Å². The number of rotatable bonds is 9. The average Bonchev–Trinajstić information content (AvgIpc) is 3.00. The quantitative estimate of drug-likeness (QED) is 0.359. The van der Waals surface area contributed by atoms with Crippen molar-refractivity contribution >= 4 is 22.6 Å². The highest BCUT2D eigenvalue weighted by molar-refractivity contribution is 6.06. The summed E-state index contributed by atoms with van der Waals surface area (Å²) in [4.78, 5) is 17.9. The van der Waals surface area contributed by atoms with Gasteiger partial charge < -0.3 is 21.1 Å². The second kappa shape index (κ2) is 8.83. The molecule has 1 heterocycles. The van der Waals surface area contributed by atoms with Crippen molar-refractivity contribution in [2.75, 3.05) is 38.1 Å². The number of carbonyl (C=O) groups excluding carboxylic acids is 1. The number of benzene rings is 1. The average molecular weight is 435 g/mol. The lowest BCUT2D eigenvalue weighted by Crippen LogP contribution is -2.37. The molecule has 0 radical (unpaired) electrons. The van der Waals surface area contributed by atoms with E-state index in [1.807, 2.05) is 30.3 Å². The number of nitrogens with one attached hydrogen (secondary N) is 3. The number of aliphatic hydroxyl groups excluding tert-OH is 1. The third-order valence-corrected chi connectivity index (χ3v) is 7.64. The van der Waals surface area contributed by atoms with Crippen molar-refractivity contribution in [3.8, 4) is 0 Å². The van der Waals surface area contributed by atoms with Crippen molar-refractivity contribution in [1.29, 1.82) is 0 Å². The van der Waals surface area contributed by atoms with Gasteiger partial charge in [-0.15, -0.1) is 0 Å². The molecule has 2 fully saturated rings. The summed E-state index contributed by atoms with van der Waals surface area (Å²) < 4.78 is 0. The van der Waals surface area contributed by atoms with Crippen LogP contribution in [0, 0.1) is 23.2 Å². The topological polar surface area (TPSA) is 86.3 Å². The van der Waals surface area contributed by atoms with E-state index in [0.29, 0.717) is 18.0 Å². The predicted molar refractivity (Wildman–Crippen MR) is 128 cm³/mol. The van der Waals surface area contributed by atoms with Crippen LogP contribution in [0.25, 0.3) is 10.9 Å². The summed E-state index contributed by atoms with van der Waals surface area (Å²) in [5, 5.41) is 19.4. The molecule has 1 amide bonds. The van der Waals surface area contributed by atoms with Crippen molar-refractivity contribution in [2.45, 2.75) is 32.6 Å². The summed E-state index contributed by atoms with van der Waals surface area (Å²) >= 11 is 0. The van der Waals surface area contributed by atoms with Gasteiger partial charge in [0.25, 0.3) is 5.91 Å². The van der Waals surface area contributed by atoms with Gasteiger partial charge in [0, 0.05) is 37.1 Å². The zero-order valence-corrected chi connectivity index (χ0v) is 18.9. The largest absolute Gasteiger partial charge is 0.395 e.